The number of carbonyl (C=O) groups excluding carboxylic acids is 1. The summed E-state index contributed by atoms with van der Waals surface area (Å²) in [5, 5.41) is 4.14. The summed E-state index contributed by atoms with van der Waals surface area (Å²) in [6.07, 6.45) is 5.86. The molecule has 166 valence electrons. The third-order valence-electron chi connectivity index (χ3n) is 5.29. The van der Waals surface area contributed by atoms with Gasteiger partial charge in [-0.3, -0.25) is 9.48 Å². The number of allylic oxidation sites excluding steroid dienone is 1. The van der Waals surface area contributed by atoms with Gasteiger partial charge in [-0.15, -0.1) is 0 Å². The minimum absolute atomic E-state index is 0.140. The first kappa shape index (κ1) is 22.1. The van der Waals surface area contributed by atoms with Crippen molar-refractivity contribution in [1.29, 1.82) is 0 Å². The van der Waals surface area contributed by atoms with Crippen molar-refractivity contribution in [3.8, 4) is 11.5 Å². The van der Waals surface area contributed by atoms with Gasteiger partial charge in [0.1, 0.15) is 23.8 Å². The first-order valence-corrected chi connectivity index (χ1v) is 10.8. The normalized spacial score (nSPS) is 11.0. The quantitative estimate of drug-likeness (QED) is 0.256. The highest BCUT2D eigenvalue weighted by Crippen LogP contribution is 2.26. The third kappa shape index (κ3) is 5.77. The average Bonchev–Trinajstić information content (AvgIpc) is 3.29. The van der Waals surface area contributed by atoms with Crippen LogP contribution >= 0.6 is 0 Å². The molecule has 0 aliphatic heterocycles. The number of carbonyl (C=O) groups is 1. The van der Waals surface area contributed by atoms with E-state index in [1.165, 1.54) is 11.6 Å². The van der Waals surface area contributed by atoms with Gasteiger partial charge in [-0.1, -0.05) is 60.7 Å². The molecule has 0 amide bonds. The Balaban J connectivity index is 1.49. The largest absolute Gasteiger partial charge is 0.496 e. The lowest BCUT2D eigenvalue weighted by Crippen LogP contribution is -2.02. The SMILES string of the molecule is COc1ccc(/C=C/C(=O)c2ccn(C)n2)cc1COc1ccccc1Cc1ccccc1. The number of para-hydroxylation sites is 1. The van der Waals surface area contributed by atoms with Crippen molar-refractivity contribution < 1.29 is 14.3 Å². The van der Waals surface area contributed by atoms with Gasteiger partial charge in [0.05, 0.1) is 7.11 Å². The van der Waals surface area contributed by atoms with Gasteiger partial charge >= 0.3 is 0 Å². The monoisotopic (exact) mass is 438 g/mol. The predicted octanol–water partition coefficient (Wildman–Crippen LogP) is 5.49. The molecule has 0 bridgehead atoms. The summed E-state index contributed by atoms with van der Waals surface area (Å²) < 4.78 is 13.3. The zero-order chi connectivity index (χ0) is 23.0. The van der Waals surface area contributed by atoms with E-state index in [4.69, 9.17) is 9.47 Å². The lowest BCUT2D eigenvalue weighted by Gasteiger charge is -2.14. The Bertz CT molecular complexity index is 1260. The zero-order valence-electron chi connectivity index (χ0n) is 18.8. The number of ether oxygens (including phenoxy) is 2. The van der Waals surface area contributed by atoms with Crippen molar-refractivity contribution in [2.75, 3.05) is 7.11 Å². The van der Waals surface area contributed by atoms with Crippen molar-refractivity contribution in [2.45, 2.75) is 13.0 Å². The van der Waals surface area contributed by atoms with Gasteiger partial charge in [-0.2, -0.15) is 5.10 Å². The van der Waals surface area contributed by atoms with Crippen molar-refractivity contribution in [1.82, 2.24) is 9.78 Å². The molecule has 0 fully saturated rings. The number of nitrogens with zero attached hydrogens (tertiary/aromatic N) is 2. The van der Waals surface area contributed by atoms with E-state index in [2.05, 4.69) is 23.3 Å². The summed E-state index contributed by atoms with van der Waals surface area (Å²) in [6.45, 7) is 0.352. The Morgan fingerprint density at radius 1 is 0.939 bits per heavy atom. The second-order valence-electron chi connectivity index (χ2n) is 7.70. The Morgan fingerprint density at radius 2 is 1.73 bits per heavy atom. The second kappa shape index (κ2) is 10.5. The molecule has 0 atom stereocenters. The summed E-state index contributed by atoms with van der Waals surface area (Å²) in [5.74, 6) is 1.44. The van der Waals surface area contributed by atoms with Gasteiger partial charge < -0.3 is 9.47 Å². The van der Waals surface area contributed by atoms with Crippen LogP contribution in [0.25, 0.3) is 6.08 Å². The fourth-order valence-corrected chi connectivity index (χ4v) is 3.58. The molecule has 5 nitrogen and oxygen atoms in total. The number of methoxy groups -OCH3 is 1. The molecule has 3 aromatic carbocycles. The minimum atomic E-state index is -0.140. The van der Waals surface area contributed by atoms with Gasteiger partial charge in [0, 0.05) is 25.2 Å². The molecule has 0 N–H and O–H groups in total. The number of hydrogen-bond acceptors (Lipinski definition) is 4. The maximum absolute atomic E-state index is 12.3. The first-order valence-electron chi connectivity index (χ1n) is 10.8. The summed E-state index contributed by atoms with van der Waals surface area (Å²) in [4.78, 5) is 12.3. The Morgan fingerprint density at radius 3 is 2.48 bits per heavy atom. The van der Waals surface area contributed by atoms with Crippen LogP contribution in [0.2, 0.25) is 0 Å². The Labute approximate surface area is 193 Å². The molecule has 0 spiro atoms. The molecule has 1 aromatic heterocycles. The van der Waals surface area contributed by atoms with Crippen LogP contribution < -0.4 is 9.47 Å². The number of rotatable bonds is 9. The smallest absolute Gasteiger partial charge is 0.206 e. The van der Waals surface area contributed by atoms with Crippen LogP contribution in [0.1, 0.15) is 32.7 Å². The molecule has 0 aliphatic carbocycles. The number of benzene rings is 3. The van der Waals surface area contributed by atoms with Crippen molar-refractivity contribution >= 4 is 11.9 Å². The van der Waals surface area contributed by atoms with E-state index in [9.17, 15) is 4.79 Å². The van der Waals surface area contributed by atoms with Crippen LogP contribution in [0.15, 0.2) is 91.1 Å². The molecule has 4 aromatic rings. The molecule has 0 saturated heterocycles. The van der Waals surface area contributed by atoms with Gasteiger partial charge in [0.15, 0.2) is 0 Å². The fraction of sp³-hybridized carbons (Fsp3) is 0.143. The van der Waals surface area contributed by atoms with E-state index in [-0.39, 0.29) is 5.78 Å². The van der Waals surface area contributed by atoms with Crippen LogP contribution in [0.5, 0.6) is 11.5 Å². The van der Waals surface area contributed by atoms with E-state index >= 15 is 0 Å². The van der Waals surface area contributed by atoms with Crippen molar-refractivity contribution in [2.24, 2.45) is 7.05 Å². The summed E-state index contributed by atoms with van der Waals surface area (Å²) >= 11 is 0. The zero-order valence-corrected chi connectivity index (χ0v) is 18.8. The van der Waals surface area contributed by atoms with E-state index < -0.39 is 0 Å². The van der Waals surface area contributed by atoms with Gasteiger partial charge in [-0.05, 0) is 47.0 Å². The van der Waals surface area contributed by atoms with Gasteiger partial charge in [-0.25, -0.2) is 0 Å². The number of aromatic nitrogens is 2. The highest BCUT2D eigenvalue weighted by Gasteiger charge is 2.09. The Hall–Kier alpha value is -4.12. The van der Waals surface area contributed by atoms with Crippen LogP contribution in [-0.2, 0) is 20.1 Å². The predicted molar refractivity (Wildman–Crippen MR) is 130 cm³/mol. The van der Waals surface area contributed by atoms with Crippen LogP contribution in [0, 0.1) is 0 Å². The molecule has 0 radical (unpaired) electrons. The summed E-state index contributed by atoms with van der Waals surface area (Å²) in [6, 6.07) is 25.9. The molecule has 0 aliphatic rings. The number of aryl methyl sites for hydroxylation is 1. The van der Waals surface area contributed by atoms with E-state index in [0.29, 0.717) is 12.3 Å². The van der Waals surface area contributed by atoms with Crippen molar-refractivity contribution in [3.05, 3.63) is 119 Å². The lowest BCUT2D eigenvalue weighted by atomic mass is 10.0. The maximum Gasteiger partial charge on any atom is 0.206 e. The second-order valence-corrected chi connectivity index (χ2v) is 7.70. The summed E-state index contributed by atoms with van der Waals surface area (Å²) in [5.41, 5.74) is 4.56. The molecule has 1 heterocycles. The molecular formula is C28H26N2O3. The van der Waals surface area contributed by atoms with E-state index in [1.54, 1.807) is 37.2 Å². The fourth-order valence-electron chi connectivity index (χ4n) is 3.58. The van der Waals surface area contributed by atoms with Gasteiger partial charge in [0.2, 0.25) is 5.78 Å². The first-order chi connectivity index (χ1) is 16.1. The van der Waals surface area contributed by atoms with Crippen LogP contribution in [0.4, 0.5) is 0 Å². The van der Waals surface area contributed by atoms with Crippen molar-refractivity contribution in [3.63, 3.8) is 0 Å². The number of hydrogen-bond donors (Lipinski definition) is 0. The molecule has 4 rings (SSSR count). The maximum atomic E-state index is 12.3. The van der Waals surface area contributed by atoms with Gasteiger partial charge in [0.25, 0.3) is 0 Å². The molecule has 0 saturated carbocycles. The van der Waals surface area contributed by atoms with E-state index in [1.807, 2.05) is 54.6 Å². The highest BCUT2D eigenvalue weighted by molar-refractivity contribution is 6.05. The standard InChI is InChI=1S/C28H26N2O3/c1-30-17-16-25(29-30)26(31)14-12-22-13-15-27(32-2)24(19-22)20-33-28-11-7-6-10-23(28)18-21-8-4-3-5-9-21/h3-17,19H,18,20H2,1-2H3/b14-12+. The van der Waals surface area contributed by atoms with E-state index in [0.717, 1.165) is 34.6 Å². The highest BCUT2D eigenvalue weighted by atomic mass is 16.5. The number of ketones is 1. The summed E-state index contributed by atoms with van der Waals surface area (Å²) in [7, 11) is 3.43. The molecule has 5 heteroatoms. The third-order valence-corrected chi connectivity index (χ3v) is 5.29. The molecular weight excluding hydrogens is 412 g/mol. The Kier molecular flexibility index (Phi) is 7.00. The molecule has 0 unspecified atom stereocenters. The lowest BCUT2D eigenvalue weighted by molar-refractivity contribution is 0.104. The molecule has 33 heavy (non-hydrogen) atoms. The van der Waals surface area contributed by atoms with Crippen LogP contribution in [-0.4, -0.2) is 22.7 Å². The topological polar surface area (TPSA) is 53.4 Å². The minimum Gasteiger partial charge on any atom is -0.496 e. The average molecular weight is 439 g/mol. The van der Waals surface area contributed by atoms with Crippen LogP contribution in [0.3, 0.4) is 0 Å².